The van der Waals surface area contributed by atoms with Crippen LogP contribution in [0.5, 0.6) is 0 Å². The van der Waals surface area contributed by atoms with E-state index in [2.05, 4.69) is 15.0 Å². The van der Waals surface area contributed by atoms with E-state index in [4.69, 9.17) is 5.26 Å². The van der Waals surface area contributed by atoms with Gasteiger partial charge in [0.1, 0.15) is 11.0 Å². The van der Waals surface area contributed by atoms with Gasteiger partial charge in [-0.2, -0.15) is 5.26 Å². The Kier molecular flexibility index (Phi) is 5.71. The fourth-order valence-electron chi connectivity index (χ4n) is 1.34. The van der Waals surface area contributed by atoms with Crippen molar-refractivity contribution in [1.82, 2.24) is 15.0 Å². The Bertz CT molecular complexity index is 522. The van der Waals surface area contributed by atoms with Crippen LogP contribution in [0.3, 0.4) is 0 Å². The van der Waals surface area contributed by atoms with Crippen molar-refractivity contribution in [2.45, 2.75) is 18.2 Å². The summed E-state index contributed by atoms with van der Waals surface area (Å²) >= 11 is 0. The highest BCUT2D eigenvalue weighted by Gasteiger charge is 2.18. The van der Waals surface area contributed by atoms with E-state index in [1.807, 2.05) is 6.92 Å². The van der Waals surface area contributed by atoms with Crippen LogP contribution in [0.15, 0.2) is 23.2 Å². The highest BCUT2D eigenvalue weighted by atomic mass is 32.2. The number of nitriles is 1. The van der Waals surface area contributed by atoms with Crippen LogP contribution in [0.2, 0.25) is 0 Å². The number of sulfonamides is 1. The zero-order valence-electron chi connectivity index (χ0n) is 10.2. The Morgan fingerprint density at radius 3 is 2.83 bits per heavy atom. The van der Waals surface area contributed by atoms with Gasteiger partial charge < -0.3 is 5.32 Å². The van der Waals surface area contributed by atoms with Crippen LogP contribution in [0.25, 0.3) is 0 Å². The number of hydrogen-bond donors (Lipinski definition) is 2. The largest absolute Gasteiger partial charge is 0.315 e. The molecular weight excluding hydrogens is 252 g/mol. The molecule has 1 heterocycles. The standard InChI is InChI=1S/C11H16N4O2S/c1-2-5-13-7-8-15-18(16,17)11-4-3-6-14-10(11)9-12/h3-4,6,13,15H,2,5,7-8H2,1H3. The van der Waals surface area contributed by atoms with Gasteiger partial charge in [-0.1, -0.05) is 6.92 Å². The normalized spacial score (nSPS) is 11.1. The molecule has 18 heavy (non-hydrogen) atoms. The lowest BCUT2D eigenvalue weighted by Crippen LogP contribution is -2.32. The Labute approximate surface area is 107 Å². The predicted molar refractivity (Wildman–Crippen MR) is 67.3 cm³/mol. The van der Waals surface area contributed by atoms with Crippen molar-refractivity contribution in [3.05, 3.63) is 24.0 Å². The van der Waals surface area contributed by atoms with Crippen molar-refractivity contribution in [3.8, 4) is 6.07 Å². The van der Waals surface area contributed by atoms with Crippen molar-refractivity contribution in [2.24, 2.45) is 0 Å². The highest BCUT2D eigenvalue weighted by Crippen LogP contribution is 2.10. The molecule has 0 radical (unpaired) electrons. The molecular formula is C11H16N4O2S. The zero-order valence-corrected chi connectivity index (χ0v) is 11.0. The summed E-state index contributed by atoms with van der Waals surface area (Å²) in [7, 11) is -3.67. The highest BCUT2D eigenvalue weighted by molar-refractivity contribution is 7.89. The molecule has 0 spiro atoms. The molecule has 0 saturated heterocycles. The van der Waals surface area contributed by atoms with Crippen molar-refractivity contribution in [3.63, 3.8) is 0 Å². The van der Waals surface area contributed by atoms with Crippen molar-refractivity contribution in [1.29, 1.82) is 5.26 Å². The van der Waals surface area contributed by atoms with Crippen LogP contribution >= 0.6 is 0 Å². The Balaban J connectivity index is 2.67. The third-order valence-corrected chi connectivity index (χ3v) is 3.68. The van der Waals surface area contributed by atoms with Crippen LogP contribution < -0.4 is 10.0 Å². The number of aromatic nitrogens is 1. The van der Waals surface area contributed by atoms with Crippen molar-refractivity contribution >= 4 is 10.0 Å². The van der Waals surface area contributed by atoms with Crippen LogP contribution in [0.1, 0.15) is 19.0 Å². The number of nitrogens with zero attached hydrogens (tertiary/aromatic N) is 2. The van der Waals surface area contributed by atoms with Gasteiger partial charge in [-0.15, -0.1) is 0 Å². The van der Waals surface area contributed by atoms with Gasteiger partial charge in [-0.3, -0.25) is 0 Å². The first-order valence-electron chi connectivity index (χ1n) is 5.67. The molecule has 1 aromatic heterocycles. The molecule has 0 amide bonds. The summed E-state index contributed by atoms with van der Waals surface area (Å²) in [4.78, 5) is 3.64. The number of nitrogens with one attached hydrogen (secondary N) is 2. The lowest BCUT2D eigenvalue weighted by molar-refractivity contribution is 0.574. The lowest BCUT2D eigenvalue weighted by atomic mass is 10.4. The van der Waals surface area contributed by atoms with E-state index >= 15 is 0 Å². The van der Waals surface area contributed by atoms with Gasteiger partial charge >= 0.3 is 0 Å². The maximum Gasteiger partial charge on any atom is 0.243 e. The number of pyridine rings is 1. The summed E-state index contributed by atoms with van der Waals surface area (Å²) < 4.78 is 26.3. The van der Waals surface area contributed by atoms with Gasteiger partial charge in [0.15, 0.2) is 5.69 Å². The summed E-state index contributed by atoms with van der Waals surface area (Å²) in [5.74, 6) is 0. The first-order valence-corrected chi connectivity index (χ1v) is 7.15. The Hall–Kier alpha value is -1.49. The first-order chi connectivity index (χ1) is 8.61. The Morgan fingerprint density at radius 1 is 1.39 bits per heavy atom. The minimum atomic E-state index is -3.67. The monoisotopic (exact) mass is 268 g/mol. The molecule has 0 aliphatic rings. The van der Waals surface area contributed by atoms with Gasteiger partial charge in [-0.25, -0.2) is 18.1 Å². The zero-order chi connectivity index (χ0) is 13.4. The fraction of sp³-hybridized carbons (Fsp3) is 0.455. The van der Waals surface area contributed by atoms with Gasteiger partial charge in [0.05, 0.1) is 0 Å². The van der Waals surface area contributed by atoms with E-state index in [1.54, 1.807) is 6.07 Å². The maximum absolute atomic E-state index is 11.9. The second-order valence-corrected chi connectivity index (χ2v) is 5.35. The van der Waals surface area contributed by atoms with E-state index in [9.17, 15) is 8.42 Å². The molecule has 0 aromatic carbocycles. The molecule has 0 bridgehead atoms. The van der Waals surface area contributed by atoms with E-state index in [-0.39, 0.29) is 17.1 Å². The quantitative estimate of drug-likeness (QED) is 0.690. The molecule has 0 aliphatic heterocycles. The molecule has 7 heteroatoms. The van der Waals surface area contributed by atoms with Crippen LogP contribution in [-0.4, -0.2) is 33.0 Å². The SMILES string of the molecule is CCCNCCNS(=O)(=O)c1cccnc1C#N. The molecule has 0 fully saturated rings. The predicted octanol–water partition coefficient (Wildman–Crippen LogP) is 0.231. The summed E-state index contributed by atoms with van der Waals surface area (Å²) in [5, 5.41) is 11.9. The molecule has 1 aromatic rings. The van der Waals surface area contributed by atoms with E-state index in [0.29, 0.717) is 6.54 Å². The van der Waals surface area contributed by atoms with E-state index < -0.39 is 10.0 Å². The lowest BCUT2D eigenvalue weighted by Gasteiger charge is -2.07. The molecule has 98 valence electrons. The molecule has 2 N–H and O–H groups in total. The average molecular weight is 268 g/mol. The second kappa shape index (κ2) is 7.06. The van der Waals surface area contributed by atoms with Gasteiger partial charge in [0, 0.05) is 19.3 Å². The van der Waals surface area contributed by atoms with Gasteiger partial charge in [0.2, 0.25) is 10.0 Å². The van der Waals surface area contributed by atoms with Crippen LogP contribution in [0.4, 0.5) is 0 Å². The first kappa shape index (κ1) is 14.6. The second-order valence-electron chi connectivity index (χ2n) is 3.61. The van der Waals surface area contributed by atoms with E-state index in [1.165, 1.54) is 18.3 Å². The average Bonchev–Trinajstić information content (AvgIpc) is 2.38. The molecule has 1 rings (SSSR count). The summed E-state index contributed by atoms with van der Waals surface area (Å²) in [6, 6.07) is 4.63. The summed E-state index contributed by atoms with van der Waals surface area (Å²) in [5.41, 5.74) is -0.0912. The van der Waals surface area contributed by atoms with Crippen LogP contribution in [0, 0.1) is 11.3 Å². The maximum atomic E-state index is 11.9. The van der Waals surface area contributed by atoms with Crippen molar-refractivity contribution < 1.29 is 8.42 Å². The topological polar surface area (TPSA) is 94.9 Å². The molecule has 0 saturated carbocycles. The Morgan fingerprint density at radius 2 is 2.17 bits per heavy atom. The van der Waals surface area contributed by atoms with Crippen LogP contribution in [-0.2, 0) is 10.0 Å². The third-order valence-electron chi connectivity index (χ3n) is 2.19. The van der Waals surface area contributed by atoms with E-state index in [0.717, 1.165) is 13.0 Å². The van der Waals surface area contributed by atoms with Crippen molar-refractivity contribution in [2.75, 3.05) is 19.6 Å². The van der Waals surface area contributed by atoms with Gasteiger partial charge in [-0.05, 0) is 25.1 Å². The summed E-state index contributed by atoms with van der Waals surface area (Å²) in [6.45, 7) is 3.71. The van der Waals surface area contributed by atoms with Gasteiger partial charge in [0.25, 0.3) is 0 Å². The smallest absolute Gasteiger partial charge is 0.243 e. The molecule has 0 atom stereocenters. The molecule has 0 aliphatic carbocycles. The number of rotatable bonds is 7. The third kappa shape index (κ3) is 4.07. The minimum absolute atomic E-state index is 0.0806. The molecule has 6 nitrogen and oxygen atoms in total. The molecule has 0 unspecified atom stereocenters. The number of hydrogen-bond acceptors (Lipinski definition) is 5. The fourth-order valence-corrected chi connectivity index (χ4v) is 2.48. The summed E-state index contributed by atoms with van der Waals surface area (Å²) in [6.07, 6.45) is 2.38. The minimum Gasteiger partial charge on any atom is -0.315 e.